The molecule has 0 aliphatic rings. The van der Waals surface area contributed by atoms with Gasteiger partial charge in [-0.1, -0.05) is 20.8 Å². The first-order valence-corrected chi connectivity index (χ1v) is 6.03. The standard InChI is InChI=1S/C12H22N4O2/c1-7(2)8(3)9(6-17)15-11-10(18-4)5-14-12(13)16-11/h5,7-9,17H,6H2,1-4H3,(H3,13,14,15,16)/t8?,9-/m1/s1. The zero-order valence-corrected chi connectivity index (χ0v) is 11.3. The van der Waals surface area contributed by atoms with Crippen LogP contribution < -0.4 is 15.8 Å². The summed E-state index contributed by atoms with van der Waals surface area (Å²) in [7, 11) is 1.54. The minimum atomic E-state index is -0.104. The number of hydrogen-bond acceptors (Lipinski definition) is 6. The van der Waals surface area contributed by atoms with Crippen LogP contribution >= 0.6 is 0 Å². The van der Waals surface area contributed by atoms with Gasteiger partial charge in [-0.25, -0.2) is 4.98 Å². The highest BCUT2D eigenvalue weighted by atomic mass is 16.5. The Morgan fingerprint density at radius 2 is 2.11 bits per heavy atom. The normalized spacial score (nSPS) is 14.3. The molecule has 18 heavy (non-hydrogen) atoms. The lowest BCUT2D eigenvalue weighted by Gasteiger charge is -2.27. The van der Waals surface area contributed by atoms with Crippen molar-refractivity contribution < 1.29 is 9.84 Å². The largest absolute Gasteiger partial charge is 0.491 e. The van der Waals surface area contributed by atoms with E-state index >= 15 is 0 Å². The van der Waals surface area contributed by atoms with E-state index in [1.54, 1.807) is 7.11 Å². The van der Waals surface area contributed by atoms with E-state index in [4.69, 9.17) is 10.5 Å². The molecule has 1 heterocycles. The molecule has 0 aliphatic heterocycles. The number of nitrogens with zero attached hydrogens (tertiary/aromatic N) is 2. The number of aliphatic hydroxyl groups excluding tert-OH is 1. The third kappa shape index (κ3) is 3.46. The fraction of sp³-hybridized carbons (Fsp3) is 0.667. The maximum atomic E-state index is 9.46. The summed E-state index contributed by atoms with van der Waals surface area (Å²) < 4.78 is 5.16. The fourth-order valence-corrected chi connectivity index (χ4v) is 1.62. The van der Waals surface area contributed by atoms with E-state index in [0.717, 1.165) is 0 Å². The smallest absolute Gasteiger partial charge is 0.222 e. The van der Waals surface area contributed by atoms with E-state index in [1.807, 2.05) is 0 Å². The molecule has 1 aromatic heterocycles. The number of aliphatic hydroxyl groups is 1. The van der Waals surface area contributed by atoms with Gasteiger partial charge in [-0.15, -0.1) is 0 Å². The molecule has 1 unspecified atom stereocenters. The second-order valence-electron chi connectivity index (χ2n) is 4.68. The van der Waals surface area contributed by atoms with Gasteiger partial charge in [-0.3, -0.25) is 0 Å². The molecule has 0 bridgehead atoms. The van der Waals surface area contributed by atoms with Crippen molar-refractivity contribution in [3.8, 4) is 5.75 Å². The predicted octanol–water partition coefficient (Wildman–Crippen LogP) is 1.13. The first-order chi connectivity index (χ1) is 8.49. The molecular formula is C12H22N4O2. The molecule has 102 valence electrons. The molecular weight excluding hydrogens is 232 g/mol. The number of ether oxygens (including phenoxy) is 1. The first kappa shape index (κ1) is 14.5. The highest BCUT2D eigenvalue weighted by Crippen LogP contribution is 2.24. The minimum absolute atomic E-state index is 0.0202. The van der Waals surface area contributed by atoms with Gasteiger partial charge in [0, 0.05) is 0 Å². The van der Waals surface area contributed by atoms with Gasteiger partial charge >= 0.3 is 0 Å². The van der Waals surface area contributed by atoms with E-state index in [1.165, 1.54) is 6.20 Å². The highest BCUT2D eigenvalue weighted by molar-refractivity contribution is 5.51. The van der Waals surface area contributed by atoms with Gasteiger partial charge < -0.3 is 20.9 Å². The van der Waals surface area contributed by atoms with Crippen molar-refractivity contribution >= 4 is 11.8 Å². The second-order valence-corrected chi connectivity index (χ2v) is 4.68. The number of hydrogen-bond donors (Lipinski definition) is 3. The lowest BCUT2D eigenvalue weighted by atomic mass is 9.91. The first-order valence-electron chi connectivity index (χ1n) is 6.03. The monoisotopic (exact) mass is 254 g/mol. The molecule has 0 amide bonds. The van der Waals surface area contributed by atoms with Crippen LogP contribution in [-0.4, -0.2) is 34.8 Å². The third-order valence-electron chi connectivity index (χ3n) is 3.20. The summed E-state index contributed by atoms with van der Waals surface area (Å²) in [6.07, 6.45) is 1.51. The SMILES string of the molecule is COc1cnc(N)nc1N[C@H](CO)C(C)C(C)C. The Morgan fingerprint density at radius 1 is 1.44 bits per heavy atom. The molecule has 6 nitrogen and oxygen atoms in total. The number of anilines is 2. The van der Waals surface area contributed by atoms with Crippen LogP contribution in [0.15, 0.2) is 6.20 Å². The average Bonchev–Trinajstić information content (AvgIpc) is 2.35. The Balaban J connectivity index is 2.90. The Kier molecular flexibility index (Phi) is 5.15. The Hall–Kier alpha value is -1.56. The predicted molar refractivity (Wildman–Crippen MR) is 71.5 cm³/mol. The van der Waals surface area contributed by atoms with Gasteiger partial charge in [0.1, 0.15) is 0 Å². The van der Waals surface area contributed by atoms with Crippen LogP contribution in [0.1, 0.15) is 20.8 Å². The van der Waals surface area contributed by atoms with E-state index in [9.17, 15) is 5.11 Å². The van der Waals surface area contributed by atoms with Crippen LogP contribution in [0.5, 0.6) is 5.75 Å². The molecule has 1 aromatic rings. The molecule has 2 atom stereocenters. The summed E-state index contributed by atoms with van der Waals surface area (Å²) in [4.78, 5) is 7.96. The van der Waals surface area contributed by atoms with Crippen LogP contribution in [0.2, 0.25) is 0 Å². The number of nitrogens with one attached hydrogen (secondary N) is 1. The maximum Gasteiger partial charge on any atom is 0.222 e. The lowest BCUT2D eigenvalue weighted by Crippen LogP contribution is -2.34. The summed E-state index contributed by atoms with van der Waals surface area (Å²) in [5.74, 6) is 1.93. The van der Waals surface area contributed by atoms with Crippen LogP contribution in [0, 0.1) is 11.8 Å². The fourth-order valence-electron chi connectivity index (χ4n) is 1.62. The molecule has 6 heteroatoms. The van der Waals surface area contributed by atoms with Gasteiger partial charge in [0.05, 0.1) is 26.0 Å². The number of nitrogens with two attached hydrogens (primary N) is 1. The average molecular weight is 254 g/mol. The number of aromatic nitrogens is 2. The summed E-state index contributed by atoms with van der Waals surface area (Å²) in [6.45, 7) is 6.32. The van der Waals surface area contributed by atoms with E-state index in [2.05, 4.69) is 36.1 Å². The Bertz CT molecular complexity index is 384. The zero-order valence-electron chi connectivity index (χ0n) is 11.3. The van der Waals surface area contributed by atoms with E-state index in [0.29, 0.717) is 17.5 Å². The van der Waals surface area contributed by atoms with Gasteiger partial charge in [0.2, 0.25) is 5.95 Å². The van der Waals surface area contributed by atoms with Gasteiger partial charge in [0.15, 0.2) is 11.6 Å². The summed E-state index contributed by atoms with van der Waals surface area (Å²) in [6, 6.07) is -0.104. The quantitative estimate of drug-likeness (QED) is 0.704. The van der Waals surface area contributed by atoms with Crippen molar-refractivity contribution in [1.82, 2.24) is 9.97 Å². The second kappa shape index (κ2) is 6.39. The molecule has 1 rings (SSSR count). The Morgan fingerprint density at radius 3 is 2.61 bits per heavy atom. The minimum Gasteiger partial charge on any atom is -0.491 e. The van der Waals surface area contributed by atoms with E-state index in [-0.39, 0.29) is 24.5 Å². The number of methoxy groups -OCH3 is 1. The molecule has 0 fully saturated rings. The van der Waals surface area contributed by atoms with Crippen molar-refractivity contribution in [3.05, 3.63) is 6.20 Å². The number of rotatable bonds is 6. The lowest BCUT2D eigenvalue weighted by molar-refractivity contribution is 0.219. The van der Waals surface area contributed by atoms with Gasteiger partial charge in [-0.05, 0) is 11.8 Å². The van der Waals surface area contributed by atoms with Crippen LogP contribution in [0.4, 0.5) is 11.8 Å². The summed E-state index contributed by atoms with van der Waals surface area (Å²) >= 11 is 0. The summed E-state index contributed by atoms with van der Waals surface area (Å²) in [5, 5.41) is 12.6. The van der Waals surface area contributed by atoms with Crippen LogP contribution in [-0.2, 0) is 0 Å². The van der Waals surface area contributed by atoms with Crippen molar-refractivity contribution in [3.63, 3.8) is 0 Å². The maximum absolute atomic E-state index is 9.46. The molecule has 0 saturated heterocycles. The van der Waals surface area contributed by atoms with Crippen LogP contribution in [0.25, 0.3) is 0 Å². The summed E-state index contributed by atoms with van der Waals surface area (Å²) in [5.41, 5.74) is 5.55. The number of nitrogen functional groups attached to an aromatic ring is 1. The van der Waals surface area contributed by atoms with Gasteiger partial charge in [0.25, 0.3) is 0 Å². The van der Waals surface area contributed by atoms with Crippen molar-refractivity contribution in [1.29, 1.82) is 0 Å². The highest BCUT2D eigenvalue weighted by Gasteiger charge is 2.21. The molecule has 0 spiro atoms. The van der Waals surface area contributed by atoms with Crippen molar-refractivity contribution in [2.24, 2.45) is 11.8 Å². The van der Waals surface area contributed by atoms with Crippen LogP contribution in [0.3, 0.4) is 0 Å². The molecule has 0 saturated carbocycles. The third-order valence-corrected chi connectivity index (χ3v) is 3.20. The molecule has 4 N–H and O–H groups in total. The van der Waals surface area contributed by atoms with Crippen molar-refractivity contribution in [2.45, 2.75) is 26.8 Å². The Labute approximate surface area is 108 Å². The zero-order chi connectivity index (χ0) is 13.7. The van der Waals surface area contributed by atoms with E-state index < -0.39 is 0 Å². The van der Waals surface area contributed by atoms with Gasteiger partial charge in [-0.2, -0.15) is 4.98 Å². The van der Waals surface area contributed by atoms with Crippen molar-refractivity contribution in [2.75, 3.05) is 24.8 Å². The topological polar surface area (TPSA) is 93.3 Å². The molecule has 0 radical (unpaired) electrons. The molecule has 0 aromatic carbocycles. The molecule has 0 aliphatic carbocycles.